The zero-order valence-corrected chi connectivity index (χ0v) is 12.7. The maximum absolute atomic E-state index is 5.11. The molecule has 5 heteroatoms. The van der Waals surface area contributed by atoms with Crippen molar-refractivity contribution in [3.05, 3.63) is 44.7 Å². The van der Waals surface area contributed by atoms with E-state index in [1.54, 1.807) is 24.6 Å². The normalized spacial score (nSPS) is 12.4. The first-order valence-electron chi connectivity index (χ1n) is 5.65. The van der Waals surface area contributed by atoms with Gasteiger partial charge in [0.25, 0.3) is 0 Å². The van der Waals surface area contributed by atoms with Crippen LogP contribution >= 0.6 is 27.3 Å². The summed E-state index contributed by atoms with van der Waals surface area (Å²) in [5.74, 6) is 0.654. The zero-order valence-electron chi connectivity index (χ0n) is 10.3. The van der Waals surface area contributed by atoms with Gasteiger partial charge in [-0.05, 0) is 40.5 Å². The van der Waals surface area contributed by atoms with Crippen LogP contribution in [0.15, 0.2) is 34.2 Å². The van der Waals surface area contributed by atoms with Crippen molar-refractivity contribution in [1.82, 2.24) is 10.3 Å². The minimum atomic E-state index is 0.334. The van der Waals surface area contributed by atoms with Crippen molar-refractivity contribution >= 4 is 27.3 Å². The second kappa shape index (κ2) is 6.31. The first kappa shape index (κ1) is 13.5. The lowest BCUT2D eigenvalue weighted by Gasteiger charge is -2.12. The van der Waals surface area contributed by atoms with E-state index >= 15 is 0 Å². The molecule has 18 heavy (non-hydrogen) atoms. The summed E-state index contributed by atoms with van der Waals surface area (Å²) in [6, 6.07) is 6.42. The lowest BCUT2D eigenvalue weighted by molar-refractivity contribution is 0.397. The number of hydrogen-bond donors (Lipinski definition) is 1. The molecule has 0 amide bonds. The standard InChI is InChI=1S/C13H15BrN2OS/c1-9(12-6-11(14)8-18-12)16-7-10-3-4-15-13(5-10)17-2/h3-6,8-9,16H,7H2,1-2H3. The molecule has 0 saturated heterocycles. The largest absolute Gasteiger partial charge is 0.481 e. The monoisotopic (exact) mass is 326 g/mol. The molecule has 1 unspecified atom stereocenters. The van der Waals surface area contributed by atoms with E-state index in [4.69, 9.17) is 4.74 Å². The molecule has 2 aromatic rings. The van der Waals surface area contributed by atoms with Gasteiger partial charge in [-0.2, -0.15) is 0 Å². The Kier molecular flexibility index (Phi) is 4.74. The van der Waals surface area contributed by atoms with E-state index in [9.17, 15) is 0 Å². The lowest BCUT2D eigenvalue weighted by Crippen LogP contribution is -2.17. The third-order valence-electron chi connectivity index (χ3n) is 2.64. The van der Waals surface area contributed by atoms with E-state index in [1.807, 2.05) is 12.1 Å². The number of halogens is 1. The molecule has 0 fully saturated rings. The predicted molar refractivity (Wildman–Crippen MR) is 78.1 cm³/mol. The molecule has 2 heterocycles. The van der Waals surface area contributed by atoms with Crippen LogP contribution in [0.5, 0.6) is 5.88 Å². The lowest BCUT2D eigenvalue weighted by atomic mass is 10.2. The molecule has 1 atom stereocenters. The number of hydrogen-bond acceptors (Lipinski definition) is 4. The molecular weight excluding hydrogens is 312 g/mol. The van der Waals surface area contributed by atoms with Gasteiger partial charge in [-0.25, -0.2) is 4.98 Å². The summed E-state index contributed by atoms with van der Waals surface area (Å²) in [5, 5.41) is 5.59. The van der Waals surface area contributed by atoms with Gasteiger partial charge < -0.3 is 10.1 Å². The van der Waals surface area contributed by atoms with Crippen LogP contribution in [-0.4, -0.2) is 12.1 Å². The van der Waals surface area contributed by atoms with Crippen LogP contribution < -0.4 is 10.1 Å². The Hall–Kier alpha value is -0.910. The molecule has 0 aliphatic carbocycles. The SMILES string of the molecule is COc1cc(CNC(C)c2cc(Br)cs2)ccn1. The van der Waals surface area contributed by atoms with Crippen LogP contribution in [0.25, 0.3) is 0 Å². The van der Waals surface area contributed by atoms with Crippen LogP contribution in [0.3, 0.4) is 0 Å². The molecule has 1 N–H and O–H groups in total. The van der Waals surface area contributed by atoms with Crippen molar-refractivity contribution in [2.45, 2.75) is 19.5 Å². The zero-order chi connectivity index (χ0) is 13.0. The molecule has 2 aromatic heterocycles. The first-order valence-corrected chi connectivity index (χ1v) is 7.32. The molecule has 0 aliphatic heterocycles. The number of rotatable bonds is 5. The van der Waals surface area contributed by atoms with Crippen LogP contribution in [0.1, 0.15) is 23.4 Å². The van der Waals surface area contributed by atoms with E-state index < -0.39 is 0 Å². The van der Waals surface area contributed by atoms with Gasteiger partial charge >= 0.3 is 0 Å². The summed E-state index contributed by atoms with van der Waals surface area (Å²) < 4.78 is 6.25. The van der Waals surface area contributed by atoms with Crippen LogP contribution in [0.4, 0.5) is 0 Å². The topological polar surface area (TPSA) is 34.1 Å². The number of methoxy groups -OCH3 is 1. The van der Waals surface area contributed by atoms with Crippen molar-refractivity contribution in [2.75, 3.05) is 7.11 Å². The Morgan fingerprint density at radius 2 is 2.33 bits per heavy atom. The highest BCUT2D eigenvalue weighted by molar-refractivity contribution is 9.10. The fourth-order valence-electron chi connectivity index (χ4n) is 1.60. The van der Waals surface area contributed by atoms with Gasteiger partial charge in [-0.3, -0.25) is 0 Å². The van der Waals surface area contributed by atoms with Gasteiger partial charge in [0, 0.05) is 39.6 Å². The fraction of sp³-hybridized carbons (Fsp3) is 0.308. The fourth-order valence-corrected chi connectivity index (χ4v) is 3.08. The predicted octanol–water partition coefficient (Wildman–Crippen LogP) is 3.77. The highest BCUT2D eigenvalue weighted by Gasteiger charge is 2.07. The molecule has 3 nitrogen and oxygen atoms in total. The third kappa shape index (κ3) is 3.54. The smallest absolute Gasteiger partial charge is 0.213 e. The van der Waals surface area contributed by atoms with Crippen molar-refractivity contribution in [3.63, 3.8) is 0 Å². The second-order valence-electron chi connectivity index (χ2n) is 3.98. The number of thiophene rings is 1. The maximum atomic E-state index is 5.11. The molecule has 0 spiro atoms. The Morgan fingerprint density at radius 3 is 3.00 bits per heavy atom. The van der Waals surface area contributed by atoms with E-state index in [0.717, 1.165) is 11.0 Å². The van der Waals surface area contributed by atoms with E-state index in [1.165, 1.54) is 10.4 Å². The Morgan fingerprint density at radius 1 is 1.50 bits per heavy atom. The maximum Gasteiger partial charge on any atom is 0.213 e. The highest BCUT2D eigenvalue weighted by atomic mass is 79.9. The van der Waals surface area contributed by atoms with Crippen LogP contribution in [0.2, 0.25) is 0 Å². The van der Waals surface area contributed by atoms with Crippen molar-refractivity contribution in [3.8, 4) is 5.88 Å². The summed E-state index contributed by atoms with van der Waals surface area (Å²) in [5.41, 5.74) is 1.17. The quantitative estimate of drug-likeness (QED) is 0.908. The Labute approximate surface area is 119 Å². The molecule has 0 radical (unpaired) electrons. The summed E-state index contributed by atoms with van der Waals surface area (Å²) >= 11 is 5.23. The second-order valence-corrected chi connectivity index (χ2v) is 5.83. The van der Waals surface area contributed by atoms with Gasteiger partial charge in [-0.1, -0.05) is 0 Å². The average molecular weight is 327 g/mol. The third-order valence-corrected chi connectivity index (χ3v) is 4.51. The molecule has 0 saturated carbocycles. The Bertz CT molecular complexity index is 515. The summed E-state index contributed by atoms with van der Waals surface area (Å²) in [6.07, 6.45) is 1.77. The van der Waals surface area contributed by atoms with Gasteiger partial charge in [0.1, 0.15) is 0 Å². The number of nitrogens with zero attached hydrogens (tertiary/aromatic N) is 1. The molecule has 0 aromatic carbocycles. The summed E-state index contributed by atoms with van der Waals surface area (Å²) in [7, 11) is 1.63. The minimum absolute atomic E-state index is 0.334. The number of nitrogens with one attached hydrogen (secondary N) is 1. The van der Waals surface area contributed by atoms with E-state index in [-0.39, 0.29) is 0 Å². The Balaban J connectivity index is 1.94. The molecule has 96 valence electrons. The van der Waals surface area contributed by atoms with E-state index in [0.29, 0.717) is 11.9 Å². The molecule has 2 rings (SSSR count). The number of pyridine rings is 1. The first-order chi connectivity index (χ1) is 8.69. The van der Waals surface area contributed by atoms with Gasteiger partial charge in [0.15, 0.2) is 0 Å². The molecule has 0 aliphatic rings. The number of aromatic nitrogens is 1. The van der Waals surface area contributed by atoms with Gasteiger partial charge in [0.2, 0.25) is 5.88 Å². The minimum Gasteiger partial charge on any atom is -0.481 e. The summed E-state index contributed by atoms with van der Waals surface area (Å²) in [4.78, 5) is 5.41. The van der Waals surface area contributed by atoms with Gasteiger partial charge in [0.05, 0.1) is 7.11 Å². The molecule has 0 bridgehead atoms. The van der Waals surface area contributed by atoms with Crippen molar-refractivity contribution in [2.24, 2.45) is 0 Å². The van der Waals surface area contributed by atoms with Crippen LogP contribution in [-0.2, 0) is 6.54 Å². The highest BCUT2D eigenvalue weighted by Crippen LogP contribution is 2.25. The van der Waals surface area contributed by atoms with Gasteiger partial charge in [-0.15, -0.1) is 11.3 Å². The average Bonchev–Trinajstić information content (AvgIpc) is 2.83. The van der Waals surface area contributed by atoms with E-state index in [2.05, 4.69) is 44.6 Å². The van der Waals surface area contributed by atoms with Crippen LogP contribution in [0, 0.1) is 0 Å². The van der Waals surface area contributed by atoms with Crippen molar-refractivity contribution in [1.29, 1.82) is 0 Å². The summed E-state index contributed by atoms with van der Waals surface area (Å²) in [6.45, 7) is 2.96. The number of ether oxygens (including phenoxy) is 1. The molecular formula is C13H15BrN2OS. The van der Waals surface area contributed by atoms with Crippen molar-refractivity contribution < 1.29 is 4.74 Å².